The Bertz CT molecular complexity index is 1280. The van der Waals surface area contributed by atoms with Crippen molar-refractivity contribution in [3.05, 3.63) is 89.1 Å². The Balaban J connectivity index is 1.55. The van der Waals surface area contributed by atoms with Crippen LogP contribution in [0.2, 0.25) is 0 Å². The van der Waals surface area contributed by atoms with E-state index in [-0.39, 0.29) is 30.5 Å². The summed E-state index contributed by atoms with van der Waals surface area (Å²) in [5.74, 6) is 0.935. The van der Waals surface area contributed by atoms with Crippen LogP contribution in [-0.4, -0.2) is 30.6 Å². The number of amides is 2. The van der Waals surface area contributed by atoms with Gasteiger partial charge in [-0.1, -0.05) is 48.0 Å². The highest BCUT2D eigenvalue weighted by atomic mass is 16.7. The molecule has 0 unspecified atom stereocenters. The summed E-state index contributed by atoms with van der Waals surface area (Å²) in [5, 5.41) is 3.15. The van der Waals surface area contributed by atoms with E-state index in [1.165, 1.54) is 12.0 Å². The summed E-state index contributed by atoms with van der Waals surface area (Å²) in [6, 6.07) is 20.2. The van der Waals surface area contributed by atoms with Gasteiger partial charge in [-0.15, -0.1) is 0 Å². The Labute approximate surface area is 191 Å². The van der Waals surface area contributed by atoms with Gasteiger partial charge < -0.3 is 19.5 Å². The van der Waals surface area contributed by atoms with Crippen molar-refractivity contribution in [3.8, 4) is 17.2 Å². The maximum atomic E-state index is 13.6. The van der Waals surface area contributed by atoms with Crippen molar-refractivity contribution in [2.24, 2.45) is 0 Å². The highest BCUT2D eigenvalue weighted by Crippen LogP contribution is 2.38. The first-order valence-electron chi connectivity index (χ1n) is 10.5. The molecule has 0 radical (unpaired) electrons. The molecular weight excluding hydrogens is 420 g/mol. The average Bonchev–Trinajstić information content (AvgIpc) is 3.38. The zero-order valence-corrected chi connectivity index (χ0v) is 18.3. The molecule has 0 aliphatic carbocycles. The van der Waals surface area contributed by atoms with Gasteiger partial charge in [0, 0.05) is 17.3 Å². The summed E-state index contributed by atoms with van der Waals surface area (Å²) in [6.45, 7) is 2.31. The van der Waals surface area contributed by atoms with E-state index in [0.29, 0.717) is 28.5 Å². The zero-order valence-electron chi connectivity index (χ0n) is 18.3. The number of carbonyl (C=O) groups excluding carboxylic acids is 2. The lowest BCUT2D eigenvalue weighted by atomic mass is 10.0. The summed E-state index contributed by atoms with van der Waals surface area (Å²) in [4.78, 5) is 28.3. The Hall–Kier alpha value is -4.26. The van der Waals surface area contributed by atoms with Gasteiger partial charge in [-0.25, -0.2) is 0 Å². The summed E-state index contributed by atoms with van der Waals surface area (Å²) in [5.41, 5.74) is 3.59. The van der Waals surface area contributed by atoms with Crippen LogP contribution in [0.4, 0.5) is 5.69 Å². The van der Waals surface area contributed by atoms with Gasteiger partial charge in [0.1, 0.15) is 11.4 Å². The van der Waals surface area contributed by atoms with Gasteiger partial charge in [0.05, 0.1) is 19.2 Å². The molecule has 0 saturated heterocycles. The second-order valence-corrected chi connectivity index (χ2v) is 7.83. The number of hydrogen-bond donors (Lipinski definition) is 1. The van der Waals surface area contributed by atoms with E-state index in [9.17, 15) is 9.59 Å². The third-order valence-corrected chi connectivity index (χ3v) is 5.65. The number of anilines is 1. The van der Waals surface area contributed by atoms with Crippen LogP contribution in [0.25, 0.3) is 5.57 Å². The predicted octanol–water partition coefficient (Wildman–Crippen LogP) is 4.12. The van der Waals surface area contributed by atoms with E-state index < -0.39 is 5.91 Å². The van der Waals surface area contributed by atoms with E-state index in [0.717, 1.165) is 11.1 Å². The SMILES string of the molecule is COc1ccccc1C1=C(Nc2ccc3c(c2)OCO3)C(=O)N(Cc2ccc(C)cc2)C1=O. The van der Waals surface area contributed by atoms with Crippen LogP contribution in [0.5, 0.6) is 17.2 Å². The molecule has 2 aliphatic heterocycles. The topological polar surface area (TPSA) is 77.1 Å². The van der Waals surface area contributed by atoms with E-state index >= 15 is 0 Å². The Kier molecular flexibility index (Phi) is 5.22. The normalized spacial score (nSPS) is 14.8. The Morgan fingerprint density at radius 1 is 0.939 bits per heavy atom. The molecule has 0 spiro atoms. The first-order chi connectivity index (χ1) is 16.0. The number of aryl methyl sites for hydroxylation is 1. The summed E-state index contributed by atoms with van der Waals surface area (Å²) in [6.07, 6.45) is 0. The van der Waals surface area contributed by atoms with Crippen LogP contribution >= 0.6 is 0 Å². The summed E-state index contributed by atoms with van der Waals surface area (Å²) < 4.78 is 16.3. The third kappa shape index (κ3) is 3.78. The van der Waals surface area contributed by atoms with Gasteiger partial charge in [-0.05, 0) is 30.7 Å². The van der Waals surface area contributed by atoms with Crippen molar-refractivity contribution in [2.75, 3.05) is 19.2 Å². The minimum Gasteiger partial charge on any atom is -0.496 e. The smallest absolute Gasteiger partial charge is 0.278 e. The van der Waals surface area contributed by atoms with Gasteiger partial charge >= 0.3 is 0 Å². The molecule has 7 nitrogen and oxygen atoms in total. The molecule has 2 amide bonds. The fourth-order valence-corrected chi connectivity index (χ4v) is 3.93. The Morgan fingerprint density at radius 3 is 2.48 bits per heavy atom. The van der Waals surface area contributed by atoms with Crippen molar-refractivity contribution in [3.63, 3.8) is 0 Å². The number of fused-ring (bicyclic) bond motifs is 1. The van der Waals surface area contributed by atoms with E-state index in [2.05, 4.69) is 5.32 Å². The summed E-state index contributed by atoms with van der Waals surface area (Å²) >= 11 is 0. The molecule has 7 heteroatoms. The van der Waals surface area contributed by atoms with Gasteiger partial charge in [-0.2, -0.15) is 0 Å². The number of benzene rings is 3. The number of imide groups is 1. The molecule has 2 heterocycles. The minimum atomic E-state index is -0.404. The quantitative estimate of drug-likeness (QED) is 0.579. The molecule has 0 saturated carbocycles. The van der Waals surface area contributed by atoms with Crippen molar-refractivity contribution in [1.82, 2.24) is 4.90 Å². The lowest BCUT2D eigenvalue weighted by Crippen LogP contribution is -2.32. The second-order valence-electron chi connectivity index (χ2n) is 7.83. The predicted molar refractivity (Wildman–Crippen MR) is 123 cm³/mol. The molecule has 0 bridgehead atoms. The highest BCUT2D eigenvalue weighted by Gasteiger charge is 2.40. The van der Waals surface area contributed by atoms with Crippen LogP contribution < -0.4 is 19.5 Å². The molecule has 2 aliphatic rings. The van der Waals surface area contributed by atoms with Crippen molar-refractivity contribution in [2.45, 2.75) is 13.5 Å². The maximum absolute atomic E-state index is 13.6. The molecular formula is C26H22N2O5. The average molecular weight is 442 g/mol. The van der Waals surface area contributed by atoms with Crippen LogP contribution in [0.3, 0.4) is 0 Å². The van der Waals surface area contributed by atoms with Crippen molar-refractivity contribution < 1.29 is 23.8 Å². The maximum Gasteiger partial charge on any atom is 0.278 e. The first-order valence-corrected chi connectivity index (χ1v) is 10.5. The van der Waals surface area contributed by atoms with Gasteiger partial charge in [0.15, 0.2) is 11.5 Å². The number of rotatable bonds is 6. The first kappa shape index (κ1) is 20.6. The molecule has 3 aromatic rings. The van der Waals surface area contributed by atoms with Crippen LogP contribution in [-0.2, 0) is 16.1 Å². The van der Waals surface area contributed by atoms with Gasteiger partial charge in [0.2, 0.25) is 6.79 Å². The number of nitrogens with one attached hydrogen (secondary N) is 1. The number of hydrogen-bond acceptors (Lipinski definition) is 6. The second kappa shape index (κ2) is 8.35. The molecule has 5 rings (SSSR count). The van der Waals surface area contributed by atoms with Gasteiger partial charge in [-0.3, -0.25) is 14.5 Å². The van der Waals surface area contributed by atoms with E-state index in [4.69, 9.17) is 14.2 Å². The number of ether oxygens (including phenoxy) is 3. The summed E-state index contributed by atoms with van der Waals surface area (Å²) in [7, 11) is 1.54. The van der Waals surface area contributed by atoms with Crippen LogP contribution in [0.1, 0.15) is 16.7 Å². The monoisotopic (exact) mass is 442 g/mol. The number of para-hydroxylation sites is 1. The zero-order chi connectivity index (χ0) is 22.9. The molecule has 0 atom stereocenters. The highest BCUT2D eigenvalue weighted by molar-refractivity contribution is 6.36. The molecule has 3 aromatic carbocycles. The van der Waals surface area contributed by atoms with Gasteiger partial charge in [0.25, 0.3) is 11.8 Å². The minimum absolute atomic E-state index is 0.149. The van der Waals surface area contributed by atoms with Crippen LogP contribution in [0, 0.1) is 6.92 Å². The fraction of sp³-hybridized carbons (Fsp3) is 0.154. The molecule has 0 fully saturated rings. The Morgan fingerprint density at radius 2 is 1.70 bits per heavy atom. The van der Waals surface area contributed by atoms with Crippen LogP contribution in [0.15, 0.2) is 72.4 Å². The largest absolute Gasteiger partial charge is 0.496 e. The van der Waals surface area contributed by atoms with Crippen molar-refractivity contribution in [1.29, 1.82) is 0 Å². The molecule has 33 heavy (non-hydrogen) atoms. The molecule has 166 valence electrons. The number of nitrogens with zero attached hydrogens (tertiary/aromatic N) is 1. The number of carbonyl (C=O) groups is 2. The fourth-order valence-electron chi connectivity index (χ4n) is 3.93. The molecule has 1 N–H and O–H groups in total. The lowest BCUT2D eigenvalue weighted by Gasteiger charge is -2.16. The van der Waals surface area contributed by atoms with E-state index in [1.54, 1.807) is 30.3 Å². The van der Waals surface area contributed by atoms with Crippen molar-refractivity contribution >= 4 is 23.1 Å². The lowest BCUT2D eigenvalue weighted by molar-refractivity contribution is -0.137. The standard InChI is InChI=1S/C26H22N2O5/c1-16-7-9-17(10-8-16)14-28-25(29)23(19-5-3-4-6-20(19)31-2)24(26(28)30)27-18-11-12-21-22(13-18)33-15-32-21/h3-13,27H,14-15H2,1-2H3. The third-order valence-electron chi connectivity index (χ3n) is 5.65. The van der Waals surface area contributed by atoms with E-state index in [1.807, 2.05) is 43.3 Å². The number of methoxy groups -OCH3 is 1. The molecule has 0 aromatic heterocycles.